The monoisotopic (exact) mass is 445 g/mol. The van der Waals surface area contributed by atoms with Gasteiger partial charge >= 0.3 is 5.63 Å². The van der Waals surface area contributed by atoms with E-state index in [9.17, 15) is 9.59 Å². The van der Waals surface area contributed by atoms with E-state index in [-0.39, 0.29) is 35.4 Å². The topological polar surface area (TPSA) is 170 Å². The van der Waals surface area contributed by atoms with E-state index >= 15 is 0 Å². The highest BCUT2D eigenvalue weighted by molar-refractivity contribution is 7.17. The van der Waals surface area contributed by atoms with Gasteiger partial charge in [0.15, 0.2) is 5.76 Å². The van der Waals surface area contributed by atoms with Gasteiger partial charge in [-0.15, -0.1) is 10.2 Å². The van der Waals surface area contributed by atoms with E-state index in [2.05, 4.69) is 25.9 Å². The fraction of sp³-hybridized carbons (Fsp3) is 0.389. The number of aliphatic hydroxyl groups is 1. The van der Waals surface area contributed by atoms with Crippen LogP contribution >= 0.6 is 11.3 Å². The molecule has 3 fully saturated rings. The van der Waals surface area contributed by atoms with Crippen molar-refractivity contribution in [1.82, 2.24) is 20.0 Å². The zero-order chi connectivity index (χ0) is 21.6. The molecule has 0 spiro atoms. The summed E-state index contributed by atoms with van der Waals surface area (Å²) in [5, 5.41) is 27.4. The second kappa shape index (κ2) is 7.35. The molecule has 3 aromatic rings. The predicted molar refractivity (Wildman–Crippen MR) is 111 cm³/mol. The largest absolute Gasteiger partial charge is 0.483 e. The normalized spacial score (nSPS) is 21.1. The third-order valence-corrected chi connectivity index (χ3v) is 6.21. The summed E-state index contributed by atoms with van der Waals surface area (Å²) in [6, 6.07) is 3.03. The summed E-state index contributed by atoms with van der Waals surface area (Å²) in [5.74, 6) is 0.173. The van der Waals surface area contributed by atoms with Crippen LogP contribution in [0.3, 0.4) is 0 Å². The Kier molecular flexibility index (Phi) is 4.63. The van der Waals surface area contributed by atoms with Crippen LogP contribution in [0.1, 0.15) is 29.8 Å². The van der Waals surface area contributed by atoms with Crippen LogP contribution in [0.25, 0.3) is 5.13 Å². The Morgan fingerprint density at radius 2 is 2.23 bits per heavy atom. The Bertz CT molecular complexity index is 1190. The zero-order valence-corrected chi connectivity index (χ0v) is 17.0. The molecular weight excluding hydrogens is 426 g/mol. The number of carbonyl (C=O) groups excluding carboxylic acids is 1. The van der Waals surface area contributed by atoms with Gasteiger partial charge in [-0.25, -0.2) is 4.79 Å². The van der Waals surface area contributed by atoms with Crippen LogP contribution in [0.5, 0.6) is 5.75 Å². The maximum Gasteiger partial charge on any atom is 0.381 e. The average Bonchev–Trinajstić information content (AvgIpc) is 3.31. The number of hydrogen-bond donors (Lipinski definition) is 4. The molecule has 3 saturated carbocycles. The number of carbonyl (C=O) groups is 1. The molecule has 0 aliphatic heterocycles. The van der Waals surface area contributed by atoms with Gasteiger partial charge < -0.3 is 25.3 Å². The quantitative estimate of drug-likeness (QED) is 0.389. The van der Waals surface area contributed by atoms with Crippen LogP contribution in [-0.2, 0) is 0 Å². The Hall–Kier alpha value is -3.45. The molecule has 31 heavy (non-hydrogen) atoms. The van der Waals surface area contributed by atoms with Crippen molar-refractivity contribution in [2.75, 3.05) is 29.6 Å². The van der Waals surface area contributed by atoms with E-state index < -0.39 is 11.5 Å². The Morgan fingerprint density at radius 3 is 2.87 bits per heavy atom. The van der Waals surface area contributed by atoms with Crippen LogP contribution in [0.2, 0.25) is 0 Å². The fourth-order valence-electron chi connectivity index (χ4n) is 3.87. The fourth-order valence-corrected chi connectivity index (χ4v) is 4.59. The van der Waals surface area contributed by atoms with Crippen LogP contribution in [0.4, 0.5) is 16.6 Å². The van der Waals surface area contributed by atoms with Crippen molar-refractivity contribution >= 4 is 33.9 Å². The SMILES string of the molecule is Nc1ccnn1-c1nnc(NC(=O)c2cc(NC34CC(C3)C4)c(OCCO)c(=O)o2)s1. The van der Waals surface area contributed by atoms with Crippen molar-refractivity contribution in [2.24, 2.45) is 5.92 Å². The summed E-state index contributed by atoms with van der Waals surface area (Å²) in [5.41, 5.74) is 5.29. The first-order valence-electron chi connectivity index (χ1n) is 9.61. The van der Waals surface area contributed by atoms with Gasteiger partial charge in [0.1, 0.15) is 12.4 Å². The Balaban J connectivity index is 1.38. The number of nitrogens with zero attached hydrogens (tertiary/aromatic N) is 4. The van der Waals surface area contributed by atoms with Gasteiger partial charge in [0.25, 0.3) is 5.91 Å². The minimum atomic E-state index is -0.808. The molecule has 3 aliphatic rings. The maximum absolute atomic E-state index is 12.7. The molecule has 3 aromatic heterocycles. The number of nitrogens with two attached hydrogens (primary N) is 1. The van der Waals surface area contributed by atoms with Crippen LogP contribution < -0.4 is 26.7 Å². The van der Waals surface area contributed by atoms with Crippen molar-refractivity contribution in [3.8, 4) is 10.9 Å². The highest BCUT2D eigenvalue weighted by atomic mass is 32.1. The molecule has 5 N–H and O–H groups in total. The first kappa shape index (κ1) is 19.5. The first-order valence-corrected chi connectivity index (χ1v) is 10.4. The summed E-state index contributed by atoms with van der Waals surface area (Å²) in [4.78, 5) is 25.2. The molecule has 0 unspecified atom stereocenters. The van der Waals surface area contributed by atoms with Crippen molar-refractivity contribution in [2.45, 2.75) is 24.8 Å². The van der Waals surface area contributed by atoms with Gasteiger partial charge in [0, 0.05) is 17.7 Å². The summed E-state index contributed by atoms with van der Waals surface area (Å²) < 4.78 is 11.9. The standard InChI is InChI=1S/C18H19N7O5S/c19-12-1-2-20-25(12)17-24-23-16(31-17)21-14(27)11-5-10(22-18-6-9(7-18)8-18)13(15(28)30-11)29-4-3-26/h1-2,5,9,22,26H,3-4,6-8,19H2,(H,21,23,27). The number of anilines is 3. The minimum Gasteiger partial charge on any atom is -0.483 e. The number of aliphatic hydroxyl groups excluding tert-OH is 1. The van der Waals surface area contributed by atoms with Crippen LogP contribution in [0.15, 0.2) is 27.5 Å². The smallest absolute Gasteiger partial charge is 0.381 e. The first-order chi connectivity index (χ1) is 15.0. The number of amides is 1. The third-order valence-electron chi connectivity index (χ3n) is 5.40. The van der Waals surface area contributed by atoms with E-state index in [0.29, 0.717) is 22.6 Å². The van der Waals surface area contributed by atoms with Gasteiger partial charge in [-0.1, -0.05) is 11.3 Å². The lowest BCUT2D eigenvalue weighted by Crippen LogP contribution is -2.63. The number of hydrogen-bond acceptors (Lipinski definition) is 11. The summed E-state index contributed by atoms with van der Waals surface area (Å²) >= 11 is 1.06. The lowest BCUT2D eigenvalue weighted by atomic mass is 9.50. The molecule has 0 saturated heterocycles. The number of ether oxygens (including phenoxy) is 1. The van der Waals surface area contributed by atoms with E-state index in [0.717, 1.165) is 30.6 Å². The molecule has 3 aliphatic carbocycles. The Labute approximate surface area is 179 Å². The highest BCUT2D eigenvalue weighted by Gasteiger charge is 2.56. The predicted octanol–water partition coefficient (Wildman–Crippen LogP) is 0.847. The van der Waals surface area contributed by atoms with E-state index in [1.165, 1.54) is 16.9 Å². The molecule has 12 nitrogen and oxygen atoms in total. The molecule has 2 bridgehead atoms. The number of rotatable bonds is 8. The van der Waals surface area contributed by atoms with Crippen LogP contribution in [0, 0.1) is 5.92 Å². The number of nitrogen functional groups attached to an aromatic ring is 1. The summed E-state index contributed by atoms with van der Waals surface area (Å²) in [7, 11) is 0. The molecule has 0 atom stereocenters. The molecule has 6 rings (SSSR count). The molecule has 3 heterocycles. The molecule has 162 valence electrons. The third kappa shape index (κ3) is 3.51. The summed E-state index contributed by atoms with van der Waals surface area (Å²) in [6.07, 6.45) is 4.56. The lowest BCUT2D eigenvalue weighted by molar-refractivity contribution is 0.00181. The van der Waals surface area contributed by atoms with Gasteiger partial charge in [-0.3, -0.25) is 10.1 Å². The van der Waals surface area contributed by atoms with Gasteiger partial charge in [-0.05, 0) is 25.2 Å². The molecule has 0 radical (unpaired) electrons. The van der Waals surface area contributed by atoms with Crippen molar-refractivity contribution in [3.63, 3.8) is 0 Å². The molecule has 13 heteroatoms. The molecule has 0 aromatic carbocycles. The van der Waals surface area contributed by atoms with Gasteiger partial charge in [0.05, 0.1) is 18.5 Å². The zero-order valence-electron chi connectivity index (χ0n) is 16.2. The second-order valence-corrected chi connectivity index (χ2v) is 8.56. The summed E-state index contributed by atoms with van der Waals surface area (Å²) in [6.45, 7) is -0.320. The lowest BCUT2D eigenvalue weighted by Gasteiger charge is -2.62. The number of aromatic nitrogens is 4. The molecular formula is C18H19N7O5S. The van der Waals surface area contributed by atoms with E-state index in [1.807, 2.05) is 0 Å². The maximum atomic E-state index is 12.7. The second-order valence-electron chi connectivity index (χ2n) is 7.61. The Morgan fingerprint density at radius 1 is 1.42 bits per heavy atom. The van der Waals surface area contributed by atoms with E-state index in [4.69, 9.17) is 20.0 Å². The van der Waals surface area contributed by atoms with Gasteiger partial charge in [-0.2, -0.15) is 9.78 Å². The number of nitrogens with one attached hydrogen (secondary N) is 2. The average molecular weight is 445 g/mol. The van der Waals surface area contributed by atoms with E-state index in [1.54, 1.807) is 6.07 Å². The van der Waals surface area contributed by atoms with Crippen molar-refractivity contribution in [3.05, 3.63) is 34.5 Å². The van der Waals surface area contributed by atoms with Crippen LogP contribution in [-0.4, -0.2) is 49.7 Å². The van der Waals surface area contributed by atoms with Gasteiger partial charge in [0.2, 0.25) is 16.0 Å². The van der Waals surface area contributed by atoms with Crippen molar-refractivity contribution < 1.29 is 19.1 Å². The minimum absolute atomic E-state index is 0.0531. The molecule has 1 amide bonds. The highest BCUT2D eigenvalue weighted by Crippen LogP contribution is 2.59. The van der Waals surface area contributed by atoms with Crippen molar-refractivity contribution in [1.29, 1.82) is 0 Å².